The molecule has 0 aliphatic heterocycles. The largest absolute Gasteiger partial charge is 0.481 e. The fourth-order valence-electron chi connectivity index (χ4n) is 1.54. The van der Waals surface area contributed by atoms with E-state index in [-0.39, 0.29) is 12.4 Å². The number of rotatable bonds is 4. The lowest BCUT2D eigenvalue weighted by Gasteiger charge is -2.09. The predicted octanol–water partition coefficient (Wildman–Crippen LogP) is 5.02. The van der Waals surface area contributed by atoms with Gasteiger partial charge in [0.05, 0.1) is 10.5 Å². The molecule has 0 amide bonds. The Balaban J connectivity index is 2.24. The van der Waals surface area contributed by atoms with E-state index in [9.17, 15) is 23.3 Å². The molecule has 21 heavy (non-hydrogen) atoms. The van der Waals surface area contributed by atoms with Gasteiger partial charge in [-0.15, -0.1) is 11.3 Å². The van der Waals surface area contributed by atoms with Crippen molar-refractivity contribution in [3.05, 3.63) is 54.7 Å². The summed E-state index contributed by atoms with van der Waals surface area (Å²) in [6.07, 6.45) is -4.64. The van der Waals surface area contributed by atoms with Gasteiger partial charge in [-0.2, -0.15) is 13.2 Å². The third-order valence-corrected chi connectivity index (χ3v) is 4.15. The summed E-state index contributed by atoms with van der Waals surface area (Å²) in [5, 5.41) is 12.7. The molecule has 1 heterocycles. The Morgan fingerprint density at radius 1 is 1.33 bits per heavy atom. The van der Waals surface area contributed by atoms with E-state index in [4.69, 9.17) is 4.74 Å². The first-order valence-electron chi connectivity index (χ1n) is 5.48. The number of alkyl halides is 3. The lowest BCUT2D eigenvalue weighted by molar-refractivity contribution is -0.386. The van der Waals surface area contributed by atoms with Gasteiger partial charge in [-0.05, 0) is 34.1 Å². The number of nitro benzene ring substituents is 1. The van der Waals surface area contributed by atoms with Crippen LogP contribution in [0.4, 0.5) is 18.9 Å². The molecule has 0 aliphatic rings. The van der Waals surface area contributed by atoms with Crippen molar-refractivity contribution < 1.29 is 22.8 Å². The SMILES string of the molecule is O=[N+]([O-])c1cc(C(F)(F)F)ccc1OCc1cc(Br)cs1. The lowest BCUT2D eigenvalue weighted by Crippen LogP contribution is -2.06. The van der Waals surface area contributed by atoms with Crippen LogP contribution in [0.15, 0.2) is 34.1 Å². The summed E-state index contributed by atoms with van der Waals surface area (Å²) < 4.78 is 43.7. The van der Waals surface area contributed by atoms with E-state index in [1.807, 2.05) is 0 Å². The van der Waals surface area contributed by atoms with Crippen molar-refractivity contribution in [2.24, 2.45) is 0 Å². The van der Waals surface area contributed by atoms with E-state index >= 15 is 0 Å². The highest BCUT2D eigenvalue weighted by Gasteiger charge is 2.33. The Bertz CT molecular complexity index is 672. The fraction of sp³-hybridized carbons (Fsp3) is 0.167. The number of nitro groups is 1. The van der Waals surface area contributed by atoms with Crippen molar-refractivity contribution in [2.45, 2.75) is 12.8 Å². The summed E-state index contributed by atoms with van der Waals surface area (Å²) in [6, 6.07) is 3.95. The third kappa shape index (κ3) is 3.94. The van der Waals surface area contributed by atoms with E-state index in [1.54, 1.807) is 11.4 Å². The zero-order valence-electron chi connectivity index (χ0n) is 10.2. The molecular formula is C12H7BrF3NO3S. The summed E-state index contributed by atoms with van der Waals surface area (Å²) in [5.41, 5.74) is -1.79. The maximum Gasteiger partial charge on any atom is 0.416 e. The third-order valence-electron chi connectivity index (χ3n) is 2.47. The molecule has 0 N–H and O–H groups in total. The van der Waals surface area contributed by atoms with Crippen LogP contribution in [-0.2, 0) is 12.8 Å². The number of thiophene rings is 1. The average Bonchev–Trinajstić information content (AvgIpc) is 2.80. The molecule has 4 nitrogen and oxygen atoms in total. The normalized spacial score (nSPS) is 11.4. The van der Waals surface area contributed by atoms with E-state index in [2.05, 4.69) is 15.9 Å². The summed E-state index contributed by atoms with van der Waals surface area (Å²) in [6.45, 7) is 0.0441. The van der Waals surface area contributed by atoms with Gasteiger partial charge in [0.2, 0.25) is 0 Å². The average molecular weight is 382 g/mol. The second-order valence-electron chi connectivity index (χ2n) is 3.96. The topological polar surface area (TPSA) is 52.4 Å². The van der Waals surface area contributed by atoms with Crippen LogP contribution in [0, 0.1) is 10.1 Å². The number of ether oxygens (including phenoxy) is 1. The van der Waals surface area contributed by atoms with Gasteiger partial charge in [-0.25, -0.2) is 0 Å². The van der Waals surface area contributed by atoms with Gasteiger partial charge in [0.25, 0.3) is 0 Å². The van der Waals surface area contributed by atoms with Gasteiger partial charge in [0.15, 0.2) is 5.75 Å². The summed E-state index contributed by atoms with van der Waals surface area (Å²) in [4.78, 5) is 10.8. The standard InChI is InChI=1S/C12H7BrF3NO3S/c13-8-4-9(21-6-8)5-20-11-2-1-7(12(14,15)16)3-10(11)17(18)19/h1-4,6H,5H2. The van der Waals surface area contributed by atoms with Gasteiger partial charge in [-0.3, -0.25) is 10.1 Å². The van der Waals surface area contributed by atoms with Crippen molar-refractivity contribution in [2.75, 3.05) is 0 Å². The highest BCUT2D eigenvalue weighted by molar-refractivity contribution is 9.10. The highest BCUT2D eigenvalue weighted by atomic mass is 79.9. The minimum absolute atomic E-state index is 0.0441. The predicted molar refractivity (Wildman–Crippen MR) is 74.4 cm³/mol. The van der Waals surface area contributed by atoms with E-state index in [1.165, 1.54) is 11.3 Å². The number of hydrogen-bond acceptors (Lipinski definition) is 4. The molecule has 0 aliphatic carbocycles. The molecule has 112 valence electrons. The molecule has 0 saturated carbocycles. The van der Waals surface area contributed by atoms with Crippen molar-refractivity contribution in [3.8, 4) is 5.75 Å². The highest BCUT2D eigenvalue weighted by Crippen LogP contribution is 2.36. The summed E-state index contributed by atoms with van der Waals surface area (Å²) in [5.74, 6) is -0.197. The number of benzene rings is 1. The van der Waals surface area contributed by atoms with Crippen LogP contribution >= 0.6 is 27.3 Å². The van der Waals surface area contributed by atoms with Crippen LogP contribution in [0.3, 0.4) is 0 Å². The van der Waals surface area contributed by atoms with Gasteiger partial charge in [0.1, 0.15) is 6.61 Å². The first-order chi connectivity index (χ1) is 9.77. The minimum Gasteiger partial charge on any atom is -0.481 e. The molecule has 0 fully saturated rings. The Morgan fingerprint density at radius 2 is 2.05 bits per heavy atom. The molecule has 1 aromatic heterocycles. The van der Waals surface area contributed by atoms with E-state index in [0.29, 0.717) is 6.07 Å². The molecular weight excluding hydrogens is 375 g/mol. The Kier molecular flexibility index (Phi) is 4.52. The number of nitrogens with zero attached hydrogens (tertiary/aromatic N) is 1. The van der Waals surface area contributed by atoms with Crippen LogP contribution in [0.1, 0.15) is 10.4 Å². The zero-order chi connectivity index (χ0) is 15.6. The number of halogens is 4. The zero-order valence-corrected chi connectivity index (χ0v) is 12.6. The molecule has 1 aromatic carbocycles. The van der Waals surface area contributed by atoms with Crippen LogP contribution in [0.25, 0.3) is 0 Å². The van der Waals surface area contributed by atoms with Crippen molar-refractivity contribution in [1.29, 1.82) is 0 Å². The maximum atomic E-state index is 12.5. The smallest absolute Gasteiger partial charge is 0.416 e. The van der Waals surface area contributed by atoms with E-state index in [0.717, 1.165) is 21.5 Å². The molecule has 2 aromatic rings. The molecule has 0 atom stereocenters. The first kappa shape index (κ1) is 15.8. The van der Waals surface area contributed by atoms with Crippen molar-refractivity contribution >= 4 is 33.0 Å². The Labute approximate surface area is 129 Å². The van der Waals surface area contributed by atoms with Crippen LogP contribution in [0.5, 0.6) is 5.75 Å². The molecule has 0 bridgehead atoms. The summed E-state index contributed by atoms with van der Waals surface area (Å²) >= 11 is 4.62. The quantitative estimate of drug-likeness (QED) is 0.552. The Morgan fingerprint density at radius 3 is 2.57 bits per heavy atom. The Hall–Kier alpha value is -1.61. The number of hydrogen-bond donors (Lipinski definition) is 0. The second kappa shape index (κ2) is 6.02. The maximum absolute atomic E-state index is 12.5. The van der Waals surface area contributed by atoms with Crippen LogP contribution < -0.4 is 4.74 Å². The molecule has 2 rings (SSSR count). The van der Waals surface area contributed by atoms with Gasteiger partial charge < -0.3 is 4.74 Å². The van der Waals surface area contributed by atoms with Crippen molar-refractivity contribution in [1.82, 2.24) is 0 Å². The fourth-order valence-corrected chi connectivity index (χ4v) is 2.90. The molecule has 0 spiro atoms. The second-order valence-corrected chi connectivity index (χ2v) is 5.87. The minimum atomic E-state index is -4.64. The molecule has 9 heteroatoms. The van der Waals surface area contributed by atoms with E-state index < -0.39 is 22.4 Å². The van der Waals surface area contributed by atoms with Crippen LogP contribution in [0.2, 0.25) is 0 Å². The van der Waals surface area contributed by atoms with Gasteiger partial charge >= 0.3 is 11.9 Å². The molecule has 0 saturated heterocycles. The first-order valence-corrected chi connectivity index (χ1v) is 7.16. The molecule has 0 radical (unpaired) electrons. The van der Waals surface area contributed by atoms with Crippen molar-refractivity contribution in [3.63, 3.8) is 0 Å². The monoisotopic (exact) mass is 381 g/mol. The van der Waals surface area contributed by atoms with Crippen LogP contribution in [-0.4, -0.2) is 4.92 Å². The van der Waals surface area contributed by atoms with Gasteiger partial charge in [-0.1, -0.05) is 0 Å². The lowest BCUT2D eigenvalue weighted by atomic mass is 10.2. The summed E-state index contributed by atoms with van der Waals surface area (Å²) in [7, 11) is 0. The molecule has 0 unspecified atom stereocenters. The van der Waals surface area contributed by atoms with Gasteiger partial charge in [0, 0.05) is 20.8 Å².